The predicted octanol–water partition coefficient (Wildman–Crippen LogP) is 8.87. The van der Waals surface area contributed by atoms with Crippen LogP contribution in [0.15, 0.2) is 24.3 Å². The predicted molar refractivity (Wildman–Crippen MR) is 198 cm³/mol. The number of hydrogen-bond acceptors (Lipinski definition) is 7. The Morgan fingerprint density at radius 2 is 1.04 bits per heavy atom. The molecule has 0 aromatic heterocycles. The Kier molecular flexibility index (Phi) is 15.3. The average Bonchev–Trinajstić information content (AvgIpc) is 2.96. The molecule has 8 heteroatoms. The molecule has 0 saturated heterocycles. The monoisotopic (exact) mass is 686 g/mol. The van der Waals surface area contributed by atoms with Crippen LogP contribution in [0.4, 0.5) is 0 Å². The molecule has 2 aromatic carbocycles. The number of benzene rings is 2. The number of aliphatic carboxylic acids is 1. The molecule has 0 fully saturated rings. The van der Waals surface area contributed by atoms with E-state index in [-0.39, 0.29) is 54.5 Å². The van der Waals surface area contributed by atoms with Crippen molar-refractivity contribution in [3.8, 4) is 23.0 Å². The number of aliphatic hydroxyl groups excluding tert-OH is 2. The van der Waals surface area contributed by atoms with Gasteiger partial charge in [0.2, 0.25) is 0 Å². The van der Waals surface area contributed by atoms with Gasteiger partial charge in [-0.2, -0.15) is 0 Å². The Morgan fingerprint density at radius 3 is 1.43 bits per heavy atom. The van der Waals surface area contributed by atoms with Crippen molar-refractivity contribution in [3.05, 3.63) is 46.5 Å². The molecule has 0 aliphatic heterocycles. The summed E-state index contributed by atoms with van der Waals surface area (Å²) in [5, 5.41) is 29.0. The SMILES string of the molecule is CC(C)(C)c1cc(OCCOc2cc(C(C)(C)C)cc(C(C)(C)C)c2OCCC(O)CCCCCC(=O)O)c(OCCO)c(C(C)(C)C)c1. The molecular weight excluding hydrogens is 620 g/mol. The minimum Gasteiger partial charge on any atom is -0.489 e. The molecule has 0 spiro atoms. The largest absolute Gasteiger partial charge is 0.489 e. The number of rotatable bonds is 18. The van der Waals surface area contributed by atoms with Crippen molar-refractivity contribution in [1.82, 2.24) is 0 Å². The number of unbranched alkanes of at least 4 members (excludes halogenated alkanes) is 2. The van der Waals surface area contributed by atoms with E-state index in [4.69, 9.17) is 24.1 Å². The van der Waals surface area contributed by atoms with Gasteiger partial charge in [-0.3, -0.25) is 4.79 Å². The molecule has 0 saturated carbocycles. The third kappa shape index (κ3) is 13.7. The summed E-state index contributed by atoms with van der Waals surface area (Å²) in [5.74, 6) is 1.79. The van der Waals surface area contributed by atoms with Crippen LogP contribution in [-0.4, -0.2) is 60.4 Å². The summed E-state index contributed by atoms with van der Waals surface area (Å²) in [7, 11) is 0. The van der Waals surface area contributed by atoms with Crippen molar-refractivity contribution in [2.24, 2.45) is 0 Å². The topological polar surface area (TPSA) is 115 Å². The highest BCUT2D eigenvalue weighted by molar-refractivity contribution is 5.66. The first kappa shape index (κ1) is 42.2. The van der Waals surface area contributed by atoms with E-state index in [0.29, 0.717) is 48.9 Å². The fourth-order valence-corrected chi connectivity index (χ4v) is 5.42. The van der Waals surface area contributed by atoms with Crippen LogP contribution < -0.4 is 18.9 Å². The summed E-state index contributed by atoms with van der Waals surface area (Å²) in [6.45, 7) is 26.9. The summed E-state index contributed by atoms with van der Waals surface area (Å²) in [6.07, 6.45) is 2.87. The average molecular weight is 687 g/mol. The molecular formula is C41H66O8. The minimum absolute atomic E-state index is 0.0972. The van der Waals surface area contributed by atoms with Crippen LogP contribution >= 0.6 is 0 Å². The quantitative estimate of drug-likeness (QED) is 0.133. The van der Waals surface area contributed by atoms with Crippen LogP contribution in [0.1, 0.15) is 144 Å². The number of aliphatic hydroxyl groups is 2. The molecule has 0 heterocycles. The third-order valence-corrected chi connectivity index (χ3v) is 8.52. The van der Waals surface area contributed by atoms with Gasteiger partial charge < -0.3 is 34.3 Å². The molecule has 8 nitrogen and oxygen atoms in total. The second kappa shape index (κ2) is 17.8. The van der Waals surface area contributed by atoms with Crippen molar-refractivity contribution in [1.29, 1.82) is 0 Å². The van der Waals surface area contributed by atoms with Crippen molar-refractivity contribution in [2.75, 3.05) is 33.0 Å². The molecule has 0 aliphatic carbocycles. The van der Waals surface area contributed by atoms with Crippen molar-refractivity contribution in [2.45, 2.75) is 149 Å². The highest BCUT2D eigenvalue weighted by Gasteiger charge is 2.29. The maximum atomic E-state index is 10.8. The molecule has 3 N–H and O–H groups in total. The van der Waals surface area contributed by atoms with Gasteiger partial charge >= 0.3 is 5.97 Å². The van der Waals surface area contributed by atoms with Crippen LogP contribution in [0.5, 0.6) is 23.0 Å². The second-order valence-electron chi connectivity index (χ2n) is 17.3. The van der Waals surface area contributed by atoms with Gasteiger partial charge in [0.1, 0.15) is 19.8 Å². The van der Waals surface area contributed by atoms with E-state index in [9.17, 15) is 15.0 Å². The van der Waals surface area contributed by atoms with Crippen LogP contribution in [-0.2, 0) is 26.5 Å². The van der Waals surface area contributed by atoms with E-state index >= 15 is 0 Å². The number of carboxylic acid groups (broad SMARTS) is 1. The summed E-state index contributed by atoms with van der Waals surface area (Å²) < 4.78 is 25.4. The minimum atomic E-state index is -0.785. The molecule has 49 heavy (non-hydrogen) atoms. The Labute approximate surface area is 296 Å². The first-order valence-corrected chi connectivity index (χ1v) is 18.0. The first-order chi connectivity index (χ1) is 22.6. The molecule has 0 aliphatic rings. The molecule has 0 bridgehead atoms. The van der Waals surface area contributed by atoms with Gasteiger partial charge in [0.15, 0.2) is 23.0 Å². The lowest BCUT2D eigenvalue weighted by molar-refractivity contribution is -0.137. The summed E-state index contributed by atoms with van der Waals surface area (Å²) in [4.78, 5) is 10.8. The molecule has 1 atom stereocenters. The van der Waals surface area contributed by atoms with E-state index in [2.05, 4.69) is 101 Å². The normalized spacial score (nSPS) is 13.3. The Hall–Kier alpha value is -2.97. The van der Waals surface area contributed by atoms with Gasteiger partial charge in [0, 0.05) is 24.0 Å². The molecule has 278 valence electrons. The molecule has 2 rings (SSSR count). The van der Waals surface area contributed by atoms with E-state index < -0.39 is 12.1 Å². The van der Waals surface area contributed by atoms with Crippen LogP contribution in [0.2, 0.25) is 0 Å². The lowest BCUT2D eigenvalue weighted by Crippen LogP contribution is -2.21. The summed E-state index contributed by atoms with van der Waals surface area (Å²) in [5.41, 5.74) is 3.65. The fourth-order valence-electron chi connectivity index (χ4n) is 5.42. The Morgan fingerprint density at radius 1 is 0.592 bits per heavy atom. The Balaban J connectivity index is 2.34. The van der Waals surface area contributed by atoms with Gasteiger partial charge in [-0.1, -0.05) is 108 Å². The zero-order valence-electron chi connectivity index (χ0n) is 32.5. The van der Waals surface area contributed by atoms with Crippen molar-refractivity contribution >= 4 is 5.97 Å². The van der Waals surface area contributed by atoms with Crippen LogP contribution in [0, 0.1) is 0 Å². The first-order valence-electron chi connectivity index (χ1n) is 18.0. The highest BCUT2D eigenvalue weighted by Crippen LogP contribution is 2.44. The summed E-state index contributed by atoms with van der Waals surface area (Å²) in [6, 6.07) is 8.47. The fraction of sp³-hybridized carbons (Fsp3) is 0.683. The number of hydrogen-bond donors (Lipinski definition) is 3. The Bertz CT molecular complexity index is 1340. The smallest absolute Gasteiger partial charge is 0.303 e. The van der Waals surface area contributed by atoms with Gasteiger partial charge in [-0.25, -0.2) is 0 Å². The number of carbonyl (C=O) groups is 1. The van der Waals surface area contributed by atoms with E-state index in [1.165, 1.54) is 0 Å². The molecule has 0 radical (unpaired) electrons. The summed E-state index contributed by atoms with van der Waals surface area (Å²) >= 11 is 0. The zero-order chi connectivity index (χ0) is 37.2. The van der Waals surface area contributed by atoms with Gasteiger partial charge in [0.05, 0.1) is 19.3 Å². The second-order valence-corrected chi connectivity index (χ2v) is 17.3. The van der Waals surface area contributed by atoms with Gasteiger partial charge in [-0.05, 0) is 57.8 Å². The van der Waals surface area contributed by atoms with Gasteiger partial charge in [-0.15, -0.1) is 0 Å². The number of ether oxygens (including phenoxy) is 4. The highest BCUT2D eigenvalue weighted by atomic mass is 16.6. The molecule has 1 unspecified atom stereocenters. The van der Waals surface area contributed by atoms with Crippen LogP contribution in [0.3, 0.4) is 0 Å². The number of carboxylic acids is 1. The van der Waals surface area contributed by atoms with Gasteiger partial charge in [0.25, 0.3) is 0 Å². The maximum Gasteiger partial charge on any atom is 0.303 e. The van der Waals surface area contributed by atoms with E-state index in [0.717, 1.165) is 35.1 Å². The molecule has 0 amide bonds. The van der Waals surface area contributed by atoms with E-state index in [1.807, 2.05) is 6.07 Å². The maximum absolute atomic E-state index is 10.8. The van der Waals surface area contributed by atoms with Crippen molar-refractivity contribution in [3.63, 3.8) is 0 Å². The standard InChI is InChI=1S/C41H66O8/c1-38(2,3)28-24-31(40(7,8)9)36(48-20-18-30(43)16-14-13-15-17-35(44)45)33(26-28)46-22-23-47-34-27-29(39(4,5)6)25-32(41(10,11)12)37(34)49-21-19-42/h24-27,30,42-43H,13-23H2,1-12H3,(H,44,45). The lowest BCUT2D eigenvalue weighted by Gasteiger charge is -2.30. The molecule has 2 aromatic rings. The van der Waals surface area contributed by atoms with Crippen LogP contribution in [0.25, 0.3) is 0 Å². The third-order valence-electron chi connectivity index (χ3n) is 8.52. The van der Waals surface area contributed by atoms with Crippen molar-refractivity contribution < 1.29 is 39.1 Å². The lowest BCUT2D eigenvalue weighted by atomic mass is 9.80. The van der Waals surface area contributed by atoms with E-state index in [1.54, 1.807) is 0 Å². The zero-order valence-corrected chi connectivity index (χ0v) is 32.5.